The Morgan fingerprint density at radius 3 is 2.31 bits per heavy atom. The highest BCUT2D eigenvalue weighted by Crippen LogP contribution is 2.29. The van der Waals surface area contributed by atoms with Crippen LogP contribution in [0.15, 0.2) is 66.7 Å². The summed E-state index contributed by atoms with van der Waals surface area (Å²) in [7, 11) is 2.05. The molecule has 2 heterocycles. The molecule has 160 valence electrons. The lowest BCUT2D eigenvalue weighted by molar-refractivity contribution is -0.384. The lowest BCUT2D eigenvalue weighted by atomic mass is 10.1. The van der Waals surface area contributed by atoms with Crippen molar-refractivity contribution in [2.75, 3.05) is 5.73 Å². The van der Waals surface area contributed by atoms with E-state index in [1.54, 1.807) is 19.1 Å². The minimum Gasteiger partial charge on any atom is -0.374 e. The fraction of sp³-hybridized carbons (Fsp3) is 0.0870. The Kier molecular flexibility index (Phi) is 5.65. The van der Waals surface area contributed by atoms with Crippen LogP contribution in [0.4, 0.5) is 10.8 Å². The summed E-state index contributed by atoms with van der Waals surface area (Å²) in [5.74, 6) is 0.111. The number of aromatic nitrogens is 3. The number of benzene rings is 3. The summed E-state index contributed by atoms with van der Waals surface area (Å²) in [6.07, 6.45) is 0. The summed E-state index contributed by atoms with van der Waals surface area (Å²) in [5, 5.41) is 21.3. The number of Topliss-reactive ketones (excluding diaryl/α,β-unsaturated/α-hetero) is 1. The molecule has 0 saturated heterocycles. The van der Waals surface area contributed by atoms with Crippen molar-refractivity contribution in [1.82, 2.24) is 14.8 Å². The van der Waals surface area contributed by atoms with Gasteiger partial charge in [-0.15, -0.1) is 10.2 Å². The van der Waals surface area contributed by atoms with E-state index in [-0.39, 0.29) is 11.5 Å². The number of fused-ring (bicyclic) bond motifs is 3. The quantitative estimate of drug-likeness (QED) is 0.231. The van der Waals surface area contributed by atoms with Crippen molar-refractivity contribution in [2.24, 2.45) is 7.05 Å². The van der Waals surface area contributed by atoms with Gasteiger partial charge in [-0.05, 0) is 43.3 Å². The van der Waals surface area contributed by atoms with Gasteiger partial charge in [-0.3, -0.25) is 14.9 Å². The van der Waals surface area contributed by atoms with Crippen molar-refractivity contribution >= 4 is 49.7 Å². The third-order valence-corrected chi connectivity index (χ3v) is 5.89. The van der Waals surface area contributed by atoms with E-state index < -0.39 is 4.92 Å². The molecule has 2 aromatic heterocycles. The predicted molar refractivity (Wildman–Crippen MR) is 127 cm³/mol. The lowest BCUT2D eigenvalue weighted by Crippen LogP contribution is -1.91. The maximum atomic E-state index is 11.4. The molecule has 0 atom stereocenters. The second-order valence-corrected chi connectivity index (χ2v) is 8.12. The normalized spacial score (nSPS) is 10.7. The molecule has 0 saturated carbocycles. The second-order valence-electron chi connectivity index (χ2n) is 7.11. The molecule has 0 aliphatic rings. The van der Waals surface area contributed by atoms with E-state index in [1.165, 1.54) is 34.4 Å². The van der Waals surface area contributed by atoms with Crippen molar-refractivity contribution in [2.45, 2.75) is 6.92 Å². The highest BCUT2D eigenvalue weighted by molar-refractivity contribution is 7.18. The number of carbonyl (C=O) groups is 1. The first kappa shape index (κ1) is 21.1. The van der Waals surface area contributed by atoms with Crippen molar-refractivity contribution in [3.8, 4) is 10.6 Å². The van der Waals surface area contributed by atoms with Crippen molar-refractivity contribution in [1.29, 1.82) is 0 Å². The zero-order chi connectivity index (χ0) is 22.8. The van der Waals surface area contributed by atoms with Gasteiger partial charge in [0.25, 0.3) is 5.69 Å². The number of nitrogen functional groups attached to an aromatic ring is 1. The van der Waals surface area contributed by atoms with Gasteiger partial charge < -0.3 is 10.3 Å². The van der Waals surface area contributed by atoms with Crippen LogP contribution in [-0.4, -0.2) is 25.5 Å². The van der Waals surface area contributed by atoms with Crippen LogP contribution in [0.2, 0.25) is 0 Å². The average Bonchev–Trinajstić information content (AvgIpc) is 3.36. The Labute approximate surface area is 187 Å². The van der Waals surface area contributed by atoms with Gasteiger partial charge in [-0.2, -0.15) is 0 Å². The molecule has 3 aromatic carbocycles. The zero-order valence-electron chi connectivity index (χ0n) is 17.4. The number of nitro benzene ring substituents is 1. The third-order valence-electron chi connectivity index (χ3n) is 5.09. The number of para-hydroxylation sites is 1. The molecule has 9 heteroatoms. The highest BCUT2D eigenvalue weighted by Gasteiger charge is 2.10. The maximum Gasteiger partial charge on any atom is 0.269 e. The first-order chi connectivity index (χ1) is 15.3. The van der Waals surface area contributed by atoms with Crippen LogP contribution in [0.1, 0.15) is 17.3 Å². The van der Waals surface area contributed by atoms with Crippen LogP contribution >= 0.6 is 11.3 Å². The molecule has 0 aliphatic carbocycles. The number of nitro groups is 1. The van der Waals surface area contributed by atoms with Gasteiger partial charge >= 0.3 is 0 Å². The predicted octanol–water partition coefficient (Wildman–Crippen LogP) is 5.23. The first-order valence-electron chi connectivity index (χ1n) is 9.67. The molecule has 0 amide bonds. The first-order valence-corrected chi connectivity index (χ1v) is 10.5. The fourth-order valence-corrected chi connectivity index (χ4v) is 4.08. The summed E-state index contributed by atoms with van der Waals surface area (Å²) in [5.41, 5.74) is 9.39. The van der Waals surface area contributed by atoms with Gasteiger partial charge in [-0.1, -0.05) is 29.5 Å². The van der Waals surface area contributed by atoms with Gasteiger partial charge in [-0.25, -0.2) is 0 Å². The minimum atomic E-state index is -0.446. The Bertz CT molecular complexity index is 1450. The number of carbonyl (C=O) groups excluding carboxylic acids is 1. The Hall–Kier alpha value is -4.11. The minimum absolute atomic E-state index is 0.0521. The number of rotatable bonds is 3. The zero-order valence-corrected chi connectivity index (χ0v) is 18.2. The van der Waals surface area contributed by atoms with Crippen molar-refractivity contribution < 1.29 is 9.72 Å². The number of ketones is 1. The third kappa shape index (κ3) is 4.06. The van der Waals surface area contributed by atoms with E-state index in [4.69, 9.17) is 5.73 Å². The molecule has 0 aliphatic heterocycles. The monoisotopic (exact) mass is 445 g/mol. The van der Waals surface area contributed by atoms with E-state index in [2.05, 4.69) is 33.9 Å². The molecular formula is C23H19N5O3S. The number of anilines is 1. The number of hydrogen-bond donors (Lipinski definition) is 1. The van der Waals surface area contributed by atoms with E-state index in [0.29, 0.717) is 10.1 Å². The molecule has 2 N–H and O–H groups in total. The molecular weight excluding hydrogens is 426 g/mol. The molecule has 5 aromatic rings. The van der Waals surface area contributed by atoms with E-state index >= 15 is 0 Å². The molecule has 0 radical (unpaired) electrons. The van der Waals surface area contributed by atoms with Crippen LogP contribution in [0.25, 0.3) is 32.4 Å². The molecule has 0 fully saturated rings. The maximum absolute atomic E-state index is 11.4. The molecule has 0 unspecified atom stereocenters. The molecule has 0 spiro atoms. The number of nitrogens with zero attached hydrogens (tertiary/aromatic N) is 4. The summed E-state index contributed by atoms with van der Waals surface area (Å²) in [4.78, 5) is 21.4. The van der Waals surface area contributed by atoms with Gasteiger partial charge in [0.05, 0.1) is 4.92 Å². The van der Waals surface area contributed by atoms with Crippen LogP contribution in [0.3, 0.4) is 0 Å². The number of nitrogens with two attached hydrogens (primary N) is 1. The van der Waals surface area contributed by atoms with E-state index in [0.717, 1.165) is 22.0 Å². The summed E-state index contributed by atoms with van der Waals surface area (Å²) < 4.78 is 2.16. The van der Waals surface area contributed by atoms with Crippen LogP contribution < -0.4 is 5.73 Å². The number of hydrogen-bond acceptors (Lipinski definition) is 7. The van der Waals surface area contributed by atoms with Gasteiger partial charge in [0.15, 0.2) is 5.78 Å². The SMILES string of the molecule is CC(=O)c1ccc2c(c1)c1ccccc1n2C.Nc1nnc(-c2ccc([N+](=O)[O-])cc2)s1. The summed E-state index contributed by atoms with van der Waals surface area (Å²) in [6, 6.07) is 20.3. The van der Waals surface area contributed by atoms with Crippen molar-refractivity contribution in [3.63, 3.8) is 0 Å². The fourth-order valence-electron chi connectivity index (χ4n) is 3.46. The van der Waals surface area contributed by atoms with Gasteiger partial charge in [0.1, 0.15) is 5.01 Å². The van der Waals surface area contributed by atoms with Crippen molar-refractivity contribution in [3.05, 3.63) is 82.4 Å². The number of non-ortho nitro benzene ring substituents is 1. The van der Waals surface area contributed by atoms with Crippen LogP contribution in [0, 0.1) is 10.1 Å². The topological polar surface area (TPSA) is 117 Å². The van der Waals surface area contributed by atoms with Gasteiger partial charge in [0, 0.05) is 52.1 Å². The molecule has 0 bridgehead atoms. The lowest BCUT2D eigenvalue weighted by Gasteiger charge is -1.98. The molecule has 8 nitrogen and oxygen atoms in total. The smallest absolute Gasteiger partial charge is 0.269 e. The van der Waals surface area contributed by atoms with Gasteiger partial charge in [0.2, 0.25) is 5.13 Å². The highest BCUT2D eigenvalue weighted by atomic mass is 32.1. The standard InChI is InChI=1S/C15H13NO.C8H6N4O2S/c1-10(17)11-7-8-15-13(9-11)12-5-3-4-6-14(12)16(15)2;9-8-11-10-7(15-8)5-1-3-6(4-2-5)12(13)14/h3-9H,1-2H3;1-4H,(H2,9,11). The largest absolute Gasteiger partial charge is 0.374 e. The Morgan fingerprint density at radius 2 is 1.69 bits per heavy atom. The average molecular weight is 446 g/mol. The summed E-state index contributed by atoms with van der Waals surface area (Å²) in [6.45, 7) is 1.60. The van der Waals surface area contributed by atoms with E-state index in [9.17, 15) is 14.9 Å². The Balaban J connectivity index is 0.000000155. The number of aryl methyl sites for hydroxylation is 1. The second kappa shape index (κ2) is 8.56. The molecule has 5 rings (SSSR count). The van der Waals surface area contributed by atoms with E-state index in [1.807, 2.05) is 30.3 Å². The van der Waals surface area contributed by atoms with Crippen LogP contribution in [0.5, 0.6) is 0 Å². The molecule has 32 heavy (non-hydrogen) atoms. The summed E-state index contributed by atoms with van der Waals surface area (Å²) >= 11 is 1.24. The van der Waals surface area contributed by atoms with Crippen LogP contribution in [-0.2, 0) is 7.05 Å². The Morgan fingerprint density at radius 1 is 1.00 bits per heavy atom.